The molecule has 0 bridgehead atoms. The molecule has 7 heteroatoms. The summed E-state index contributed by atoms with van der Waals surface area (Å²) in [6.07, 6.45) is 1.85. The van der Waals surface area contributed by atoms with E-state index in [9.17, 15) is 12.8 Å². The molecule has 21 heavy (non-hydrogen) atoms. The zero-order chi connectivity index (χ0) is 15.5. The van der Waals surface area contributed by atoms with Gasteiger partial charge in [-0.2, -0.15) is 5.26 Å². The predicted octanol–water partition coefficient (Wildman–Crippen LogP) is 2.20. The first-order valence-electron chi connectivity index (χ1n) is 6.17. The summed E-state index contributed by atoms with van der Waals surface area (Å²) in [5.74, 6) is -0.232. The largest absolute Gasteiger partial charge is 0.469 e. The van der Waals surface area contributed by atoms with Gasteiger partial charge in [-0.15, -0.1) is 0 Å². The minimum Gasteiger partial charge on any atom is -0.469 e. The Kier molecular flexibility index (Phi) is 4.40. The number of furan rings is 1. The van der Waals surface area contributed by atoms with Gasteiger partial charge in [0.15, 0.2) is 0 Å². The summed E-state index contributed by atoms with van der Waals surface area (Å²) in [5, 5.41) is 8.91. The molecule has 110 valence electrons. The van der Waals surface area contributed by atoms with Gasteiger partial charge in [-0.25, -0.2) is 17.5 Å². The maximum Gasteiger partial charge on any atom is 0.242 e. The van der Waals surface area contributed by atoms with Crippen molar-refractivity contribution >= 4 is 10.0 Å². The van der Waals surface area contributed by atoms with Crippen LogP contribution in [0.5, 0.6) is 0 Å². The molecule has 0 radical (unpaired) electrons. The Morgan fingerprint density at radius 2 is 2.14 bits per heavy atom. The summed E-state index contributed by atoms with van der Waals surface area (Å²) in [7, 11) is -3.98. The molecule has 0 fully saturated rings. The molecule has 0 spiro atoms. The minimum absolute atomic E-state index is 0.351. The van der Waals surface area contributed by atoms with Gasteiger partial charge >= 0.3 is 0 Å². The molecule has 0 saturated carbocycles. The number of benzene rings is 1. The first kappa shape index (κ1) is 15.2. The van der Waals surface area contributed by atoms with E-state index in [4.69, 9.17) is 9.68 Å². The Hall–Kier alpha value is -2.17. The van der Waals surface area contributed by atoms with Crippen molar-refractivity contribution in [2.45, 2.75) is 24.3 Å². The van der Waals surface area contributed by atoms with Crippen molar-refractivity contribution in [3.63, 3.8) is 0 Å². The Bertz CT molecular complexity index is 764. The van der Waals surface area contributed by atoms with Crippen LogP contribution in [0.4, 0.5) is 4.39 Å². The summed E-state index contributed by atoms with van der Waals surface area (Å²) in [5.41, 5.74) is -0.491. The fourth-order valence-corrected chi connectivity index (χ4v) is 3.35. The number of nitrogens with one attached hydrogen (secondary N) is 1. The minimum atomic E-state index is -3.98. The van der Waals surface area contributed by atoms with Crippen molar-refractivity contribution in [1.29, 1.82) is 5.26 Å². The lowest BCUT2D eigenvalue weighted by atomic mass is 10.2. The molecule has 0 saturated heterocycles. The molecule has 2 aromatic rings. The number of hydrogen-bond donors (Lipinski definition) is 1. The van der Waals surface area contributed by atoms with Gasteiger partial charge in [0.1, 0.15) is 28.1 Å². The quantitative estimate of drug-likeness (QED) is 0.918. The van der Waals surface area contributed by atoms with Crippen LogP contribution in [0.15, 0.2) is 45.9 Å². The summed E-state index contributed by atoms with van der Waals surface area (Å²) >= 11 is 0. The van der Waals surface area contributed by atoms with E-state index in [1.54, 1.807) is 25.1 Å². The average Bonchev–Trinajstić information content (AvgIpc) is 2.90. The third kappa shape index (κ3) is 3.48. The lowest BCUT2D eigenvalue weighted by Crippen LogP contribution is -2.34. The number of sulfonamides is 1. The zero-order valence-corrected chi connectivity index (χ0v) is 12.0. The van der Waals surface area contributed by atoms with Crippen molar-refractivity contribution in [3.8, 4) is 6.07 Å². The van der Waals surface area contributed by atoms with E-state index in [1.165, 1.54) is 18.4 Å². The normalized spacial score (nSPS) is 12.8. The second-order valence-corrected chi connectivity index (χ2v) is 6.21. The van der Waals surface area contributed by atoms with Crippen molar-refractivity contribution in [3.05, 3.63) is 53.7 Å². The zero-order valence-electron chi connectivity index (χ0n) is 11.2. The van der Waals surface area contributed by atoms with Crippen molar-refractivity contribution in [1.82, 2.24) is 4.72 Å². The summed E-state index contributed by atoms with van der Waals surface area (Å²) in [6, 6.07) is 8.04. The van der Waals surface area contributed by atoms with Crippen LogP contribution in [-0.4, -0.2) is 14.5 Å². The van der Waals surface area contributed by atoms with Crippen LogP contribution in [-0.2, 0) is 16.4 Å². The highest BCUT2D eigenvalue weighted by Crippen LogP contribution is 2.18. The Balaban J connectivity index is 2.23. The van der Waals surface area contributed by atoms with E-state index in [0.29, 0.717) is 12.2 Å². The van der Waals surface area contributed by atoms with Gasteiger partial charge in [-0.05, 0) is 31.2 Å². The second-order valence-electron chi connectivity index (χ2n) is 4.53. The fourth-order valence-electron chi connectivity index (χ4n) is 1.94. The second kappa shape index (κ2) is 6.08. The van der Waals surface area contributed by atoms with Crippen LogP contribution < -0.4 is 4.72 Å². The molecule has 0 aliphatic carbocycles. The molecular formula is C14H13FN2O3S. The van der Waals surface area contributed by atoms with Crippen LogP contribution in [0.2, 0.25) is 0 Å². The summed E-state index contributed by atoms with van der Waals surface area (Å²) < 4.78 is 45.5. The van der Waals surface area contributed by atoms with Crippen LogP contribution in [0.3, 0.4) is 0 Å². The number of hydrogen-bond acceptors (Lipinski definition) is 4. The van der Waals surface area contributed by atoms with Gasteiger partial charge in [0.25, 0.3) is 0 Å². The van der Waals surface area contributed by atoms with Crippen LogP contribution in [0.25, 0.3) is 0 Å². The molecule has 1 aromatic heterocycles. The van der Waals surface area contributed by atoms with Crippen LogP contribution in [0, 0.1) is 17.1 Å². The third-order valence-corrected chi connectivity index (χ3v) is 4.45. The Morgan fingerprint density at radius 3 is 2.76 bits per heavy atom. The first-order chi connectivity index (χ1) is 9.94. The van der Waals surface area contributed by atoms with E-state index in [-0.39, 0.29) is 4.90 Å². The van der Waals surface area contributed by atoms with E-state index in [0.717, 1.165) is 6.07 Å². The molecule has 1 N–H and O–H groups in total. The molecule has 1 unspecified atom stereocenters. The number of halogens is 1. The number of nitrogens with zero attached hydrogens (tertiary/aromatic N) is 1. The highest BCUT2D eigenvalue weighted by atomic mass is 32.2. The van der Waals surface area contributed by atoms with Crippen molar-refractivity contribution in [2.24, 2.45) is 0 Å². The molecule has 0 aliphatic rings. The highest BCUT2D eigenvalue weighted by molar-refractivity contribution is 7.89. The van der Waals surface area contributed by atoms with Crippen LogP contribution in [0.1, 0.15) is 18.2 Å². The third-order valence-electron chi connectivity index (χ3n) is 2.82. The maximum absolute atomic E-state index is 13.5. The van der Waals surface area contributed by atoms with Gasteiger partial charge in [0.2, 0.25) is 10.0 Å². The average molecular weight is 308 g/mol. The Morgan fingerprint density at radius 1 is 1.38 bits per heavy atom. The van der Waals surface area contributed by atoms with Crippen LogP contribution >= 0.6 is 0 Å². The SMILES string of the molecule is CC(Cc1ccco1)NS(=O)(=O)c1cccc(F)c1C#N. The fraction of sp³-hybridized carbons (Fsp3) is 0.214. The van der Waals surface area contributed by atoms with Gasteiger partial charge in [-0.3, -0.25) is 0 Å². The number of rotatable bonds is 5. The molecule has 1 aromatic carbocycles. The molecule has 0 aliphatic heterocycles. The molecule has 1 atom stereocenters. The molecule has 2 rings (SSSR count). The van der Waals surface area contributed by atoms with Crippen molar-refractivity contribution in [2.75, 3.05) is 0 Å². The molecule has 1 heterocycles. The maximum atomic E-state index is 13.5. The van der Waals surface area contributed by atoms with Gasteiger partial charge in [0.05, 0.1) is 6.26 Å². The highest BCUT2D eigenvalue weighted by Gasteiger charge is 2.23. The first-order valence-corrected chi connectivity index (χ1v) is 7.65. The summed E-state index contributed by atoms with van der Waals surface area (Å²) in [4.78, 5) is -0.365. The lowest BCUT2D eigenvalue weighted by molar-refractivity contribution is 0.478. The van der Waals surface area contributed by atoms with Gasteiger partial charge in [0, 0.05) is 12.5 Å². The molecule has 0 amide bonds. The molecular weight excluding hydrogens is 295 g/mol. The predicted molar refractivity (Wildman–Crippen MR) is 73.3 cm³/mol. The van der Waals surface area contributed by atoms with E-state index in [2.05, 4.69) is 4.72 Å². The molecule has 5 nitrogen and oxygen atoms in total. The summed E-state index contributed by atoms with van der Waals surface area (Å²) in [6.45, 7) is 1.66. The smallest absolute Gasteiger partial charge is 0.242 e. The van der Waals surface area contributed by atoms with Crippen molar-refractivity contribution < 1.29 is 17.2 Å². The topological polar surface area (TPSA) is 83.1 Å². The monoisotopic (exact) mass is 308 g/mol. The van der Waals surface area contributed by atoms with E-state index in [1.807, 2.05) is 0 Å². The number of nitriles is 1. The van der Waals surface area contributed by atoms with Gasteiger partial charge in [-0.1, -0.05) is 6.07 Å². The Labute approximate surface area is 122 Å². The standard InChI is InChI=1S/C14H13FN2O3S/c1-10(8-11-4-3-7-20-11)17-21(18,19)14-6-2-5-13(15)12(14)9-16/h2-7,10,17H,8H2,1H3. The van der Waals surface area contributed by atoms with Gasteiger partial charge < -0.3 is 4.42 Å². The van der Waals surface area contributed by atoms with E-state index < -0.39 is 27.4 Å². The van der Waals surface area contributed by atoms with E-state index >= 15 is 0 Å². The lowest BCUT2D eigenvalue weighted by Gasteiger charge is -2.14.